The molecule has 2 aromatic rings. The molecule has 0 bridgehead atoms. The summed E-state index contributed by atoms with van der Waals surface area (Å²) in [6.45, 7) is -0.0449. The van der Waals surface area contributed by atoms with Crippen molar-refractivity contribution in [3.05, 3.63) is 53.4 Å². The summed E-state index contributed by atoms with van der Waals surface area (Å²) in [5, 5.41) is 16.3. The number of H-pyrrole nitrogens is 1. The topological polar surface area (TPSA) is 73.0 Å². The van der Waals surface area contributed by atoms with Crippen LogP contribution in [0.25, 0.3) is 0 Å². The van der Waals surface area contributed by atoms with Gasteiger partial charge in [0, 0.05) is 18.3 Å². The molecule has 1 aliphatic rings. The lowest BCUT2D eigenvalue weighted by Gasteiger charge is -2.21. The average molecular weight is 334 g/mol. The third-order valence-corrected chi connectivity index (χ3v) is 4.33. The zero-order chi connectivity index (χ0) is 16.2. The van der Waals surface area contributed by atoms with Crippen molar-refractivity contribution in [3.63, 3.8) is 0 Å². The fourth-order valence-corrected chi connectivity index (χ4v) is 3.28. The summed E-state index contributed by atoms with van der Waals surface area (Å²) in [5.41, 5.74) is 2.65. The van der Waals surface area contributed by atoms with Gasteiger partial charge in [0.25, 0.3) is 0 Å². The molecule has 2 unspecified atom stereocenters. The van der Waals surface area contributed by atoms with Gasteiger partial charge in [-0.1, -0.05) is 12.1 Å². The number of aliphatic hydroxyl groups excluding tert-OH is 1. The molecule has 1 aliphatic carbocycles. The lowest BCUT2D eigenvalue weighted by Crippen LogP contribution is -2.45. The molecule has 5 nitrogen and oxygen atoms in total. The van der Waals surface area contributed by atoms with Gasteiger partial charge in [0.1, 0.15) is 5.82 Å². The number of hydrogen-bond acceptors (Lipinski definition) is 3. The van der Waals surface area contributed by atoms with Crippen molar-refractivity contribution in [1.29, 1.82) is 0 Å². The Hall–Kier alpha value is -1.99. The van der Waals surface area contributed by atoms with Crippen molar-refractivity contribution < 1.29 is 9.50 Å². The van der Waals surface area contributed by atoms with Crippen molar-refractivity contribution in [2.45, 2.75) is 31.3 Å². The molecule has 0 spiro atoms. The molecular formula is C16H19FN4OS. The normalized spacial score (nSPS) is 17.6. The van der Waals surface area contributed by atoms with Gasteiger partial charge in [-0.2, -0.15) is 0 Å². The summed E-state index contributed by atoms with van der Waals surface area (Å²) in [4.78, 5) is 6.96. The summed E-state index contributed by atoms with van der Waals surface area (Å²) in [5.74, 6) is -0.154. The lowest BCUT2D eigenvalue weighted by molar-refractivity contribution is 0.254. The molecule has 0 radical (unpaired) electrons. The molecule has 3 rings (SSSR count). The van der Waals surface area contributed by atoms with Crippen LogP contribution in [0.4, 0.5) is 4.39 Å². The Labute approximate surface area is 139 Å². The lowest BCUT2D eigenvalue weighted by atomic mass is 10.1. The molecule has 4 N–H and O–H groups in total. The van der Waals surface area contributed by atoms with E-state index < -0.39 is 0 Å². The Balaban J connectivity index is 1.59. The second-order valence-corrected chi connectivity index (χ2v) is 6.09. The number of imidazole rings is 1. The molecular weight excluding hydrogens is 315 g/mol. The maximum absolute atomic E-state index is 13.8. The Bertz CT molecular complexity index is 677. The van der Waals surface area contributed by atoms with E-state index in [0.717, 1.165) is 23.2 Å². The van der Waals surface area contributed by atoms with E-state index in [2.05, 4.69) is 20.6 Å². The predicted molar refractivity (Wildman–Crippen MR) is 89.5 cm³/mol. The molecule has 1 heterocycles. The Morgan fingerprint density at radius 1 is 1.52 bits per heavy atom. The minimum atomic E-state index is -0.205. The first-order chi connectivity index (χ1) is 11.2. The molecule has 0 saturated carbocycles. The van der Waals surface area contributed by atoms with E-state index in [1.807, 2.05) is 6.07 Å². The summed E-state index contributed by atoms with van der Waals surface area (Å²) in [6.07, 6.45) is 5.43. The van der Waals surface area contributed by atoms with Crippen LogP contribution < -0.4 is 10.6 Å². The van der Waals surface area contributed by atoms with Crippen LogP contribution in [-0.4, -0.2) is 32.8 Å². The van der Waals surface area contributed by atoms with Gasteiger partial charge in [0.2, 0.25) is 0 Å². The maximum Gasteiger partial charge on any atom is 0.167 e. The largest absolute Gasteiger partial charge is 0.394 e. The molecule has 1 aromatic heterocycles. The number of aliphatic hydroxyl groups is 1. The standard InChI is InChI=1S/C16H19FN4OS/c17-14-3-1-2-13-12(14)4-5-15(13)21-16(23)20-11(8-22)6-10-7-18-9-19-10/h1-3,7,9,11,15,22H,4-6,8H2,(H,18,19)(H2,20,21,23). The molecule has 7 heteroatoms. The van der Waals surface area contributed by atoms with Gasteiger partial charge >= 0.3 is 0 Å². The maximum atomic E-state index is 13.8. The number of aromatic nitrogens is 2. The van der Waals surface area contributed by atoms with Crippen molar-refractivity contribution in [2.24, 2.45) is 0 Å². The van der Waals surface area contributed by atoms with Crippen molar-refractivity contribution in [2.75, 3.05) is 6.61 Å². The van der Waals surface area contributed by atoms with E-state index in [4.69, 9.17) is 12.2 Å². The highest BCUT2D eigenvalue weighted by atomic mass is 32.1. The number of fused-ring (bicyclic) bond motifs is 1. The summed E-state index contributed by atoms with van der Waals surface area (Å²) in [7, 11) is 0. The van der Waals surface area contributed by atoms with Crippen molar-refractivity contribution in [1.82, 2.24) is 20.6 Å². The van der Waals surface area contributed by atoms with Crippen LogP contribution in [0, 0.1) is 5.82 Å². The minimum Gasteiger partial charge on any atom is -0.394 e. The molecule has 23 heavy (non-hydrogen) atoms. The van der Waals surface area contributed by atoms with Gasteiger partial charge in [0.15, 0.2) is 5.11 Å². The molecule has 0 amide bonds. The number of aromatic amines is 1. The van der Waals surface area contributed by atoms with Gasteiger partial charge < -0.3 is 20.7 Å². The van der Waals surface area contributed by atoms with Gasteiger partial charge in [-0.05, 0) is 42.3 Å². The highest BCUT2D eigenvalue weighted by molar-refractivity contribution is 7.80. The Morgan fingerprint density at radius 3 is 3.13 bits per heavy atom. The molecule has 0 saturated heterocycles. The van der Waals surface area contributed by atoms with Crippen LogP contribution in [0.15, 0.2) is 30.7 Å². The van der Waals surface area contributed by atoms with Crippen LogP contribution in [0.3, 0.4) is 0 Å². The van der Waals surface area contributed by atoms with Crippen molar-refractivity contribution >= 4 is 17.3 Å². The fourth-order valence-electron chi connectivity index (χ4n) is 2.97. The number of nitrogens with zero attached hydrogens (tertiary/aromatic N) is 1. The van der Waals surface area contributed by atoms with E-state index in [1.165, 1.54) is 6.07 Å². The van der Waals surface area contributed by atoms with E-state index in [9.17, 15) is 9.50 Å². The fraction of sp³-hybridized carbons (Fsp3) is 0.375. The Morgan fingerprint density at radius 2 is 2.39 bits per heavy atom. The third-order valence-electron chi connectivity index (χ3n) is 4.10. The van der Waals surface area contributed by atoms with Gasteiger partial charge in [-0.15, -0.1) is 0 Å². The number of nitrogens with one attached hydrogen (secondary N) is 3. The number of halogens is 1. The van der Waals surface area contributed by atoms with E-state index in [1.54, 1.807) is 18.6 Å². The average Bonchev–Trinajstić information content (AvgIpc) is 3.18. The van der Waals surface area contributed by atoms with Crippen LogP contribution in [0.2, 0.25) is 0 Å². The summed E-state index contributed by atoms with van der Waals surface area (Å²) < 4.78 is 13.8. The van der Waals surface area contributed by atoms with E-state index in [0.29, 0.717) is 18.0 Å². The second-order valence-electron chi connectivity index (χ2n) is 5.68. The van der Waals surface area contributed by atoms with E-state index >= 15 is 0 Å². The summed E-state index contributed by atoms with van der Waals surface area (Å²) >= 11 is 5.34. The highest BCUT2D eigenvalue weighted by Gasteiger charge is 2.25. The number of rotatable bonds is 5. The molecule has 0 aliphatic heterocycles. The second kappa shape index (κ2) is 7.06. The minimum absolute atomic E-state index is 0.00666. The quantitative estimate of drug-likeness (QED) is 0.625. The number of benzene rings is 1. The highest BCUT2D eigenvalue weighted by Crippen LogP contribution is 2.32. The smallest absolute Gasteiger partial charge is 0.167 e. The third kappa shape index (κ3) is 3.68. The number of hydrogen-bond donors (Lipinski definition) is 4. The van der Waals surface area contributed by atoms with Gasteiger partial charge in [-0.3, -0.25) is 0 Å². The van der Waals surface area contributed by atoms with Gasteiger partial charge in [0.05, 0.1) is 25.0 Å². The zero-order valence-corrected chi connectivity index (χ0v) is 13.4. The zero-order valence-electron chi connectivity index (χ0n) is 12.6. The monoisotopic (exact) mass is 334 g/mol. The molecule has 2 atom stereocenters. The predicted octanol–water partition coefficient (Wildman–Crippen LogP) is 1.60. The molecule has 122 valence electrons. The number of thiocarbonyl (C=S) groups is 1. The first-order valence-corrected chi connectivity index (χ1v) is 8.00. The summed E-state index contributed by atoms with van der Waals surface area (Å²) in [6, 6.07) is 4.94. The van der Waals surface area contributed by atoms with Crippen molar-refractivity contribution in [3.8, 4) is 0 Å². The van der Waals surface area contributed by atoms with Crippen LogP contribution in [0.1, 0.15) is 29.3 Å². The first kappa shape index (κ1) is 15.9. The molecule has 0 fully saturated rings. The first-order valence-electron chi connectivity index (χ1n) is 7.59. The van der Waals surface area contributed by atoms with Crippen LogP contribution >= 0.6 is 12.2 Å². The Kier molecular flexibility index (Phi) is 4.88. The van der Waals surface area contributed by atoms with Crippen LogP contribution in [0.5, 0.6) is 0 Å². The van der Waals surface area contributed by atoms with E-state index in [-0.39, 0.29) is 24.5 Å². The van der Waals surface area contributed by atoms with Gasteiger partial charge in [-0.25, -0.2) is 9.37 Å². The SMILES string of the molecule is OCC(Cc1cnc[nH]1)NC(=S)NC1CCc2c(F)cccc21. The van der Waals surface area contributed by atoms with Crippen LogP contribution in [-0.2, 0) is 12.8 Å². The molecule has 1 aromatic carbocycles.